The van der Waals surface area contributed by atoms with E-state index in [9.17, 15) is 4.79 Å². The van der Waals surface area contributed by atoms with Crippen LogP contribution in [0, 0.1) is 0 Å². The third kappa shape index (κ3) is 4.64. The van der Waals surface area contributed by atoms with Crippen LogP contribution in [0.25, 0.3) is 0 Å². The SMILES string of the molecule is CCCCc1nnc(SCC(=O)Nc2cccc(Cl)c2)n1N. The number of aryl methyl sites for hydroxylation is 1. The van der Waals surface area contributed by atoms with Gasteiger partial charge in [-0.05, 0) is 24.6 Å². The summed E-state index contributed by atoms with van der Waals surface area (Å²) in [5.41, 5.74) is 0.663. The smallest absolute Gasteiger partial charge is 0.234 e. The van der Waals surface area contributed by atoms with Crippen LogP contribution in [-0.4, -0.2) is 26.5 Å². The number of anilines is 1. The van der Waals surface area contributed by atoms with Crippen LogP contribution in [0.1, 0.15) is 25.6 Å². The number of unbranched alkanes of at least 4 members (excludes halogenated alkanes) is 1. The molecule has 118 valence electrons. The van der Waals surface area contributed by atoms with Crippen LogP contribution in [0.4, 0.5) is 5.69 Å². The van der Waals surface area contributed by atoms with Crippen LogP contribution < -0.4 is 11.2 Å². The molecule has 3 N–H and O–H groups in total. The van der Waals surface area contributed by atoms with Crippen LogP contribution in [0.15, 0.2) is 29.4 Å². The number of thioether (sulfide) groups is 1. The average Bonchev–Trinajstić information content (AvgIpc) is 2.83. The summed E-state index contributed by atoms with van der Waals surface area (Å²) in [5, 5.41) is 11.9. The molecule has 0 atom stereocenters. The third-order valence-electron chi connectivity index (χ3n) is 2.93. The van der Waals surface area contributed by atoms with Crippen LogP contribution in [0.3, 0.4) is 0 Å². The molecule has 2 rings (SSSR count). The molecule has 0 aliphatic rings. The van der Waals surface area contributed by atoms with Crippen molar-refractivity contribution >= 4 is 35.0 Å². The van der Waals surface area contributed by atoms with Gasteiger partial charge < -0.3 is 11.2 Å². The van der Waals surface area contributed by atoms with Gasteiger partial charge in [0, 0.05) is 17.1 Å². The number of nitrogens with one attached hydrogen (secondary N) is 1. The van der Waals surface area contributed by atoms with E-state index in [-0.39, 0.29) is 11.7 Å². The van der Waals surface area contributed by atoms with E-state index >= 15 is 0 Å². The van der Waals surface area contributed by atoms with E-state index in [0.29, 0.717) is 15.9 Å². The van der Waals surface area contributed by atoms with Crippen molar-refractivity contribution in [2.24, 2.45) is 0 Å². The third-order valence-corrected chi connectivity index (χ3v) is 4.11. The van der Waals surface area contributed by atoms with Gasteiger partial charge in [-0.2, -0.15) is 0 Å². The minimum Gasteiger partial charge on any atom is -0.336 e. The lowest BCUT2D eigenvalue weighted by Gasteiger charge is -2.05. The highest BCUT2D eigenvalue weighted by molar-refractivity contribution is 7.99. The Hall–Kier alpha value is -1.73. The van der Waals surface area contributed by atoms with Crippen molar-refractivity contribution in [1.29, 1.82) is 0 Å². The largest absolute Gasteiger partial charge is 0.336 e. The van der Waals surface area contributed by atoms with E-state index in [1.165, 1.54) is 16.4 Å². The number of nitrogens with two attached hydrogens (primary N) is 1. The molecule has 8 heteroatoms. The maximum absolute atomic E-state index is 11.9. The fourth-order valence-corrected chi connectivity index (χ4v) is 2.67. The lowest BCUT2D eigenvalue weighted by molar-refractivity contribution is -0.113. The number of carbonyl (C=O) groups excluding carboxylic acids is 1. The summed E-state index contributed by atoms with van der Waals surface area (Å²) in [6.45, 7) is 2.10. The lowest BCUT2D eigenvalue weighted by atomic mass is 10.2. The monoisotopic (exact) mass is 339 g/mol. The first-order valence-corrected chi connectivity index (χ1v) is 8.34. The summed E-state index contributed by atoms with van der Waals surface area (Å²) < 4.78 is 1.45. The van der Waals surface area contributed by atoms with Gasteiger partial charge in [0.1, 0.15) is 0 Å². The number of rotatable bonds is 7. The molecular weight excluding hydrogens is 322 g/mol. The molecule has 1 aromatic heterocycles. The molecule has 0 bridgehead atoms. The topological polar surface area (TPSA) is 85.8 Å². The van der Waals surface area contributed by atoms with Crippen LogP contribution in [0.2, 0.25) is 5.02 Å². The number of amides is 1. The van der Waals surface area contributed by atoms with Crippen molar-refractivity contribution in [3.05, 3.63) is 35.1 Å². The maximum Gasteiger partial charge on any atom is 0.234 e. The molecule has 0 aliphatic heterocycles. The van der Waals surface area contributed by atoms with Crippen molar-refractivity contribution in [2.75, 3.05) is 16.9 Å². The molecule has 0 aliphatic carbocycles. The Morgan fingerprint density at radius 1 is 1.45 bits per heavy atom. The van der Waals surface area contributed by atoms with Gasteiger partial charge in [0.05, 0.1) is 5.75 Å². The molecule has 6 nitrogen and oxygen atoms in total. The number of benzene rings is 1. The molecule has 1 heterocycles. The Bertz CT molecular complexity index is 646. The van der Waals surface area contributed by atoms with Crippen molar-refractivity contribution < 1.29 is 4.79 Å². The highest BCUT2D eigenvalue weighted by atomic mass is 35.5. The fraction of sp³-hybridized carbons (Fsp3) is 0.357. The molecule has 0 radical (unpaired) electrons. The van der Waals surface area contributed by atoms with Gasteiger partial charge in [-0.25, -0.2) is 4.68 Å². The number of hydrogen-bond acceptors (Lipinski definition) is 5. The Morgan fingerprint density at radius 3 is 3.00 bits per heavy atom. The average molecular weight is 340 g/mol. The Labute approximate surface area is 138 Å². The molecule has 0 saturated carbocycles. The zero-order valence-corrected chi connectivity index (χ0v) is 13.8. The second kappa shape index (κ2) is 8.05. The Balaban J connectivity index is 1.87. The van der Waals surface area contributed by atoms with Gasteiger partial charge in [-0.1, -0.05) is 42.8 Å². The fourth-order valence-electron chi connectivity index (χ4n) is 1.80. The highest BCUT2D eigenvalue weighted by Gasteiger charge is 2.12. The Morgan fingerprint density at radius 2 is 2.27 bits per heavy atom. The normalized spacial score (nSPS) is 10.6. The van der Waals surface area contributed by atoms with Gasteiger partial charge in [-0.3, -0.25) is 4.79 Å². The number of carbonyl (C=O) groups is 1. The minimum absolute atomic E-state index is 0.148. The number of nitrogen functional groups attached to an aromatic ring is 1. The molecule has 0 spiro atoms. The van der Waals surface area contributed by atoms with E-state index in [0.717, 1.165) is 25.1 Å². The second-order valence-electron chi connectivity index (χ2n) is 4.72. The summed E-state index contributed by atoms with van der Waals surface area (Å²) in [6, 6.07) is 7.00. The summed E-state index contributed by atoms with van der Waals surface area (Å²) in [7, 11) is 0. The summed E-state index contributed by atoms with van der Waals surface area (Å²) in [6.07, 6.45) is 2.86. The number of aromatic nitrogens is 3. The van der Waals surface area contributed by atoms with Crippen LogP contribution in [0.5, 0.6) is 0 Å². The van der Waals surface area contributed by atoms with E-state index < -0.39 is 0 Å². The van der Waals surface area contributed by atoms with Crippen molar-refractivity contribution in [1.82, 2.24) is 14.9 Å². The second-order valence-corrected chi connectivity index (χ2v) is 6.10. The number of hydrogen-bond donors (Lipinski definition) is 2. The first-order valence-electron chi connectivity index (χ1n) is 6.97. The predicted octanol–water partition coefficient (Wildman–Crippen LogP) is 2.72. The molecule has 1 amide bonds. The Kier molecular flexibility index (Phi) is 6.09. The highest BCUT2D eigenvalue weighted by Crippen LogP contribution is 2.18. The maximum atomic E-state index is 11.9. The summed E-state index contributed by atoms with van der Waals surface area (Å²) in [4.78, 5) is 11.9. The van der Waals surface area contributed by atoms with Gasteiger partial charge in [0.15, 0.2) is 5.82 Å². The summed E-state index contributed by atoms with van der Waals surface area (Å²) in [5.74, 6) is 6.72. The van der Waals surface area contributed by atoms with Crippen molar-refractivity contribution in [3.63, 3.8) is 0 Å². The minimum atomic E-state index is -0.148. The van der Waals surface area contributed by atoms with E-state index in [1.807, 2.05) is 0 Å². The molecule has 0 unspecified atom stereocenters. The number of halogens is 1. The molecule has 22 heavy (non-hydrogen) atoms. The van der Waals surface area contributed by atoms with Crippen LogP contribution >= 0.6 is 23.4 Å². The first kappa shape index (κ1) is 16.6. The quantitative estimate of drug-likeness (QED) is 0.598. The molecule has 1 aromatic carbocycles. The standard InChI is InChI=1S/C14H18ClN5OS/c1-2-3-7-12-18-19-14(20(12)16)22-9-13(21)17-11-6-4-5-10(15)8-11/h4-6,8H,2-3,7,9,16H2,1H3,(H,17,21). The predicted molar refractivity (Wildman–Crippen MR) is 89.6 cm³/mol. The zero-order valence-electron chi connectivity index (χ0n) is 12.3. The van der Waals surface area contributed by atoms with E-state index in [1.54, 1.807) is 24.3 Å². The van der Waals surface area contributed by atoms with Gasteiger partial charge in [0.25, 0.3) is 0 Å². The van der Waals surface area contributed by atoms with Crippen LogP contribution in [-0.2, 0) is 11.2 Å². The molecular formula is C14H18ClN5OS. The van der Waals surface area contributed by atoms with E-state index in [2.05, 4.69) is 22.4 Å². The molecule has 2 aromatic rings. The molecule has 0 fully saturated rings. The van der Waals surface area contributed by atoms with Gasteiger partial charge in [0.2, 0.25) is 11.1 Å². The van der Waals surface area contributed by atoms with Gasteiger partial charge >= 0.3 is 0 Å². The first-order chi connectivity index (χ1) is 10.6. The zero-order chi connectivity index (χ0) is 15.9. The van der Waals surface area contributed by atoms with Gasteiger partial charge in [-0.15, -0.1) is 10.2 Å². The van der Waals surface area contributed by atoms with E-state index in [4.69, 9.17) is 17.4 Å². The molecule has 0 saturated heterocycles. The lowest BCUT2D eigenvalue weighted by Crippen LogP contribution is -2.17. The number of nitrogens with zero attached hydrogens (tertiary/aromatic N) is 3. The van der Waals surface area contributed by atoms with Crippen molar-refractivity contribution in [3.8, 4) is 0 Å². The summed E-state index contributed by atoms with van der Waals surface area (Å²) >= 11 is 7.12. The van der Waals surface area contributed by atoms with Crippen molar-refractivity contribution in [2.45, 2.75) is 31.3 Å².